The van der Waals surface area contributed by atoms with Crippen LogP contribution >= 0.6 is 11.3 Å². The minimum Gasteiger partial charge on any atom is -0.409 e. The zero-order valence-electron chi connectivity index (χ0n) is 11.0. The van der Waals surface area contributed by atoms with Crippen molar-refractivity contribution in [2.45, 2.75) is 33.2 Å². The van der Waals surface area contributed by atoms with Gasteiger partial charge in [0, 0.05) is 4.88 Å². The fraction of sp³-hybridized carbons (Fsp3) is 0.583. The number of amides is 1. The van der Waals surface area contributed by atoms with Crippen LogP contribution in [0.3, 0.4) is 0 Å². The van der Waals surface area contributed by atoms with E-state index in [0.717, 1.165) is 10.6 Å². The van der Waals surface area contributed by atoms with Crippen LogP contribution in [-0.4, -0.2) is 21.9 Å². The van der Waals surface area contributed by atoms with Gasteiger partial charge in [0.15, 0.2) is 5.84 Å². The Hall–Kier alpha value is -1.63. The largest absolute Gasteiger partial charge is 0.409 e. The number of aromatic nitrogens is 1. The summed E-state index contributed by atoms with van der Waals surface area (Å²) in [6, 6.07) is 0. The predicted molar refractivity (Wildman–Crippen MR) is 72.9 cm³/mol. The van der Waals surface area contributed by atoms with Gasteiger partial charge in [0.25, 0.3) is 0 Å². The van der Waals surface area contributed by atoms with Crippen molar-refractivity contribution < 1.29 is 10.0 Å². The van der Waals surface area contributed by atoms with Crippen LogP contribution in [0.5, 0.6) is 0 Å². The second kappa shape index (κ2) is 5.16. The highest BCUT2D eigenvalue weighted by Crippen LogP contribution is 2.45. The van der Waals surface area contributed by atoms with Crippen molar-refractivity contribution in [1.29, 1.82) is 0 Å². The molecule has 4 N–H and O–H groups in total. The summed E-state index contributed by atoms with van der Waals surface area (Å²) in [5, 5.41) is 14.7. The van der Waals surface area contributed by atoms with Gasteiger partial charge in [-0.25, -0.2) is 4.98 Å². The lowest BCUT2D eigenvalue weighted by molar-refractivity contribution is -0.133. The number of hydrogen-bond donors (Lipinski definition) is 3. The third kappa shape index (κ3) is 2.42. The number of aryl methyl sites for hydroxylation is 1. The van der Waals surface area contributed by atoms with E-state index >= 15 is 0 Å². The Morgan fingerprint density at radius 2 is 2.42 bits per heavy atom. The monoisotopic (exact) mass is 282 g/mol. The molecule has 1 amide bonds. The molecule has 1 heterocycles. The number of amidine groups is 1. The van der Waals surface area contributed by atoms with Crippen LogP contribution in [-0.2, 0) is 11.3 Å². The van der Waals surface area contributed by atoms with Crippen LogP contribution < -0.4 is 11.1 Å². The maximum absolute atomic E-state index is 12.3. The summed E-state index contributed by atoms with van der Waals surface area (Å²) in [5.74, 6) is 0.244. The van der Waals surface area contributed by atoms with Crippen LogP contribution in [0.4, 0.5) is 0 Å². The van der Waals surface area contributed by atoms with Gasteiger partial charge >= 0.3 is 0 Å². The molecule has 2 rings (SSSR count). The summed E-state index contributed by atoms with van der Waals surface area (Å²) in [4.78, 5) is 17.5. The van der Waals surface area contributed by atoms with Crippen LogP contribution in [0, 0.1) is 18.3 Å². The normalized spacial score (nSPS) is 26.8. The zero-order chi connectivity index (χ0) is 14.0. The Morgan fingerprint density at radius 3 is 2.89 bits per heavy atom. The quantitative estimate of drug-likeness (QED) is 0.334. The summed E-state index contributed by atoms with van der Waals surface area (Å²) >= 11 is 1.51. The highest BCUT2D eigenvalue weighted by molar-refractivity contribution is 7.09. The predicted octanol–water partition coefficient (Wildman–Crippen LogP) is 1.23. The van der Waals surface area contributed by atoms with Gasteiger partial charge in [0.1, 0.15) is 5.41 Å². The van der Waals surface area contributed by atoms with E-state index in [2.05, 4.69) is 15.5 Å². The minimum absolute atomic E-state index is 0.00382. The highest BCUT2D eigenvalue weighted by atomic mass is 32.1. The first-order valence-electron chi connectivity index (χ1n) is 6.15. The molecule has 0 atom stereocenters. The molecule has 1 aromatic heterocycles. The van der Waals surface area contributed by atoms with E-state index in [1.165, 1.54) is 11.3 Å². The minimum atomic E-state index is -0.841. The van der Waals surface area contributed by atoms with Crippen LogP contribution in [0.2, 0.25) is 0 Å². The van der Waals surface area contributed by atoms with E-state index in [4.69, 9.17) is 10.9 Å². The molecule has 1 saturated carbocycles. The molecule has 0 bridgehead atoms. The first-order valence-corrected chi connectivity index (χ1v) is 7.03. The van der Waals surface area contributed by atoms with E-state index < -0.39 is 5.41 Å². The molecule has 1 aliphatic carbocycles. The molecule has 0 unspecified atom stereocenters. The molecule has 7 heteroatoms. The molecule has 1 aliphatic rings. The number of rotatable bonds is 4. The number of hydrogen-bond acceptors (Lipinski definition) is 5. The molecule has 1 aromatic rings. The third-order valence-corrected chi connectivity index (χ3v) is 4.62. The standard InChI is InChI=1S/C12H18N4O2S/c1-7-3-12(4-7,10(13)16-18)11(17)14-5-9-8(2)15-6-19-9/h6-7,18H,3-5H2,1-2H3,(H2,13,16)(H,14,17). The van der Waals surface area contributed by atoms with Crippen molar-refractivity contribution in [3.8, 4) is 0 Å². The van der Waals surface area contributed by atoms with E-state index in [-0.39, 0.29) is 11.7 Å². The van der Waals surface area contributed by atoms with Gasteiger partial charge < -0.3 is 16.3 Å². The lowest BCUT2D eigenvalue weighted by Crippen LogP contribution is -2.56. The Morgan fingerprint density at radius 1 is 1.74 bits per heavy atom. The van der Waals surface area contributed by atoms with Crippen molar-refractivity contribution in [3.05, 3.63) is 16.1 Å². The molecular weight excluding hydrogens is 264 g/mol. The molecule has 0 aromatic carbocycles. The fourth-order valence-electron chi connectivity index (χ4n) is 2.56. The van der Waals surface area contributed by atoms with E-state index in [1.54, 1.807) is 5.51 Å². The van der Waals surface area contributed by atoms with Gasteiger partial charge in [-0.05, 0) is 25.7 Å². The molecule has 0 aliphatic heterocycles. The topological polar surface area (TPSA) is 101 Å². The second-order valence-electron chi connectivity index (χ2n) is 5.12. The molecule has 1 fully saturated rings. The fourth-order valence-corrected chi connectivity index (χ4v) is 3.28. The van der Waals surface area contributed by atoms with Gasteiger partial charge in [0.05, 0.1) is 17.7 Å². The molecule has 0 radical (unpaired) electrons. The number of carbonyl (C=O) groups is 1. The maximum atomic E-state index is 12.3. The lowest BCUT2D eigenvalue weighted by Gasteiger charge is -2.43. The van der Waals surface area contributed by atoms with Gasteiger partial charge in [-0.2, -0.15) is 0 Å². The van der Waals surface area contributed by atoms with Crippen LogP contribution in [0.15, 0.2) is 10.7 Å². The molecule has 6 nitrogen and oxygen atoms in total. The number of nitrogens with two attached hydrogens (primary N) is 1. The Balaban J connectivity index is 2.04. The van der Waals surface area contributed by atoms with Crippen molar-refractivity contribution in [2.24, 2.45) is 22.2 Å². The van der Waals surface area contributed by atoms with Gasteiger partial charge in [-0.1, -0.05) is 12.1 Å². The second-order valence-corrected chi connectivity index (χ2v) is 6.06. The first-order chi connectivity index (χ1) is 8.99. The van der Waals surface area contributed by atoms with Gasteiger partial charge in [0.2, 0.25) is 5.91 Å². The third-order valence-electron chi connectivity index (χ3n) is 3.68. The molecule has 19 heavy (non-hydrogen) atoms. The summed E-state index contributed by atoms with van der Waals surface area (Å²) in [6.45, 7) is 4.39. The average Bonchev–Trinajstić information content (AvgIpc) is 2.76. The zero-order valence-corrected chi connectivity index (χ0v) is 11.8. The van der Waals surface area contributed by atoms with Gasteiger partial charge in [-0.3, -0.25) is 4.79 Å². The smallest absolute Gasteiger partial charge is 0.234 e. The molecule has 0 spiro atoms. The van der Waals surface area contributed by atoms with Crippen LogP contribution in [0.1, 0.15) is 30.3 Å². The maximum Gasteiger partial charge on any atom is 0.234 e. The summed E-state index contributed by atoms with van der Waals surface area (Å²) < 4.78 is 0. The van der Waals surface area contributed by atoms with Crippen molar-refractivity contribution in [1.82, 2.24) is 10.3 Å². The van der Waals surface area contributed by atoms with Crippen molar-refractivity contribution in [2.75, 3.05) is 0 Å². The highest BCUT2D eigenvalue weighted by Gasteiger charge is 2.52. The number of thiazole rings is 1. The Kier molecular flexibility index (Phi) is 3.75. The number of nitrogens with zero attached hydrogens (tertiary/aromatic N) is 2. The van der Waals surface area contributed by atoms with E-state index in [1.807, 2.05) is 13.8 Å². The van der Waals surface area contributed by atoms with E-state index in [0.29, 0.717) is 25.3 Å². The number of oxime groups is 1. The molecule has 104 valence electrons. The first kappa shape index (κ1) is 13.8. The number of carbonyl (C=O) groups excluding carboxylic acids is 1. The van der Waals surface area contributed by atoms with Crippen molar-refractivity contribution in [3.63, 3.8) is 0 Å². The van der Waals surface area contributed by atoms with Gasteiger partial charge in [-0.15, -0.1) is 11.3 Å². The molecular formula is C12H18N4O2S. The lowest BCUT2D eigenvalue weighted by atomic mass is 9.61. The SMILES string of the molecule is Cc1ncsc1CNC(=O)C1(C(N)=NO)CC(C)C1. The summed E-state index contributed by atoms with van der Waals surface area (Å²) in [7, 11) is 0. The molecule has 0 saturated heterocycles. The van der Waals surface area contributed by atoms with E-state index in [9.17, 15) is 4.79 Å². The number of nitrogens with one attached hydrogen (secondary N) is 1. The summed E-state index contributed by atoms with van der Waals surface area (Å²) in [5.41, 5.74) is 7.52. The van der Waals surface area contributed by atoms with Crippen LogP contribution in [0.25, 0.3) is 0 Å². The Labute approximate surface area is 115 Å². The summed E-state index contributed by atoms with van der Waals surface area (Å²) in [6.07, 6.45) is 1.24. The average molecular weight is 282 g/mol. The van der Waals surface area contributed by atoms with Crippen molar-refractivity contribution >= 4 is 23.1 Å². The Bertz CT molecular complexity index is 506.